The molecular formula is C22H22N4O2. The predicted octanol–water partition coefficient (Wildman–Crippen LogP) is 3.38. The number of morpholine rings is 1. The number of para-hydroxylation sites is 1. The van der Waals surface area contributed by atoms with Crippen LogP contribution in [0.3, 0.4) is 0 Å². The minimum Gasteiger partial charge on any atom is -0.508 e. The molecule has 0 amide bonds. The number of ether oxygens (including phenoxy) is 1. The molecule has 6 nitrogen and oxygen atoms in total. The third kappa shape index (κ3) is 3.05. The fraction of sp³-hybridized carbons (Fsp3) is 0.273. The molecular weight excluding hydrogens is 352 g/mol. The van der Waals surface area contributed by atoms with E-state index in [1.54, 1.807) is 12.1 Å². The summed E-state index contributed by atoms with van der Waals surface area (Å²) in [7, 11) is 0. The largest absolute Gasteiger partial charge is 0.508 e. The molecule has 0 bridgehead atoms. The fourth-order valence-corrected chi connectivity index (χ4v) is 3.90. The van der Waals surface area contributed by atoms with E-state index in [9.17, 15) is 5.11 Å². The predicted molar refractivity (Wildman–Crippen MR) is 109 cm³/mol. The summed E-state index contributed by atoms with van der Waals surface area (Å²) in [6, 6.07) is 17.7. The first kappa shape index (κ1) is 17.0. The zero-order valence-electron chi connectivity index (χ0n) is 15.6. The highest BCUT2D eigenvalue weighted by Crippen LogP contribution is 2.39. The first-order chi connectivity index (χ1) is 13.8. The van der Waals surface area contributed by atoms with Gasteiger partial charge in [0.2, 0.25) is 5.95 Å². The molecule has 5 rings (SSSR count). The number of fused-ring (bicyclic) bond motifs is 1. The average molecular weight is 374 g/mol. The molecule has 3 aromatic rings. The van der Waals surface area contributed by atoms with Gasteiger partial charge in [0.05, 0.1) is 18.9 Å². The van der Waals surface area contributed by atoms with Crippen molar-refractivity contribution in [2.75, 3.05) is 42.6 Å². The van der Waals surface area contributed by atoms with Crippen molar-refractivity contribution < 1.29 is 9.84 Å². The molecule has 0 aliphatic carbocycles. The maximum Gasteiger partial charge on any atom is 0.228 e. The Balaban J connectivity index is 1.66. The van der Waals surface area contributed by atoms with E-state index in [0.29, 0.717) is 13.2 Å². The van der Waals surface area contributed by atoms with Crippen LogP contribution >= 0.6 is 0 Å². The maximum absolute atomic E-state index is 9.99. The van der Waals surface area contributed by atoms with Gasteiger partial charge in [-0.05, 0) is 30.7 Å². The number of aromatic nitrogens is 2. The Kier molecular flexibility index (Phi) is 4.33. The van der Waals surface area contributed by atoms with Gasteiger partial charge in [0.1, 0.15) is 11.6 Å². The van der Waals surface area contributed by atoms with Crippen molar-refractivity contribution in [3.05, 3.63) is 60.2 Å². The Morgan fingerprint density at radius 1 is 0.893 bits per heavy atom. The monoisotopic (exact) mass is 374 g/mol. The van der Waals surface area contributed by atoms with Gasteiger partial charge in [0, 0.05) is 36.4 Å². The number of hydrogen-bond donors (Lipinski definition) is 1. The van der Waals surface area contributed by atoms with E-state index >= 15 is 0 Å². The van der Waals surface area contributed by atoms with Crippen molar-refractivity contribution in [2.24, 2.45) is 0 Å². The lowest BCUT2D eigenvalue weighted by atomic mass is 10.1. The molecule has 0 unspecified atom stereocenters. The van der Waals surface area contributed by atoms with Crippen LogP contribution in [0.5, 0.6) is 5.75 Å². The molecule has 2 aliphatic rings. The number of phenols is 1. The van der Waals surface area contributed by atoms with Crippen molar-refractivity contribution in [3.8, 4) is 17.0 Å². The van der Waals surface area contributed by atoms with Gasteiger partial charge in [-0.2, -0.15) is 4.98 Å². The first-order valence-corrected chi connectivity index (χ1v) is 9.65. The number of hydrogen-bond acceptors (Lipinski definition) is 6. The van der Waals surface area contributed by atoms with Crippen LogP contribution in [0.1, 0.15) is 5.56 Å². The molecule has 0 spiro atoms. The lowest BCUT2D eigenvalue weighted by Crippen LogP contribution is -2.37. The summed E-state index contributed by atoms with van der Waals surface area (Å²) in [6.07, 6.45) is 0.874. The lowest BCUT2D eigenvalue weighted by molar-refractivity contribution is 0.122. The zero-order chi connectivity index (χ0) is 18.9. The first-order valence-electron chi connectivity index (χ1n) is 9.65. The molecule has 1 aromatic heterocycles. The van der Waals surface area contributed by atoms with Crippen LogP contribution in [0.15, 0.2) is 54.6 Å². The maximum atomic E-state index is 9.99. The minimum atomic E-state index is 0.246. The summed E-state index contributed by atoms with van der Waals surface area (Å²) in [6.45, 7) is 3.80. The average Bonchev–Trinajstić information content (AvgIpc) is 3.18. The summed E-state index contributed by atoms with van der Waals surface area (Å²) >= 11 is 0. The molecule has 142 valence electrons. The highest BCUT2D eigenvalue weighted by molar-refractivity contribution is 5.77. The molecule has 0 saturated carbocycles. The van der Waals surface area contributed by atoms with Crippen LogP contribution in [0.4, 0.5) is 17.5 Å². The van der Waals surface area contributed by atoms with Crippen molar-refractivity contribution >= 4 is 17.5 Å². The van der Waals surface area contributed by atoms with Gasteiger partial charge in [-0.1, -0.05) is 30.3 Å². The lowest BCUT2D eigenvalue weighted by Gasteiger charge is -2.28. The van der Waals surface area contributed by atoms with Crippen molar-refractivity contribution in [3.63, 3.8) is 0 Å². The number of aromatic hydroxyl groups is 1. The summed E-state index contributed by atoms with van der Waals surface area (Å²) in [4.78, 5) is 14.3. The molecule has 1 N–H and O–H groups in total. The number of benzene rings is 2. The van der Waals surface area contributed by atoms with Crippen molar-refractivity contribution in [1.29, 1.82) is 0 Å². The van der Waals surface area contributed by atoms with Crippen LogP contribution in [0.25, 0.3) is 11.3 Å². The van der Waals surface area contributed by atoms with Gasteiger partial charge in [-0.3, -0.25) is 0 Å². The molecule has 28 heavy (non-hydrogen) atoms. The second-order valence-electron chi connectivity index (χ2n) is 7.06. The van der Waals surface area contributed by atoms with Gasteiger partial charge < -0.3 is 19.6 Å². The molecule has 3 heterocycles. The Hall–Kier alpha value is -3.12. The molecule has 2 aliphatic heterocycles. The Labute approximate surface area is 164 Å². The van der Waals surface area contributed by atoms with E-state index in [4.69, 9.17) is 14.7 Å². The van der Waals surface area contributed by atoms with Gasteiger partial charge in [-0.25, -0.2) is 4.98 Å². The van der Waals surface area contributed by atoms with Crippen LogP contribution in [-0.2, 0) is 11.2 Å². The SMILES string of the molecule is Oc1cccc(-c2nc(N3CCOCC3)nc3c2CCN3c2ccccc2)c1. The third-order valence-corrected chi connectivity index (χ3v) is 5.30. The highest BCUT2D eigenvalue weighted by atomic mass is 16.5. The van der Waals surface area contributed by atoms with Gasteiger partial charge in [0.15, 0.2) is 0 Å². The van der Waals surface area contributed by atoms with Gasteiger partial charge >= 0.3 is 0 Å². The van der Waals surface area contributed by atoms with E-state index in [2.05, 4.69) is 21.9 Å². The Morgan fingerprint density at radius 3 is 2.50 bits per heavy atom. The Bertz CT molecular complexity index is 987. The summed E-state index contributed by atoms with van der Waals surface area (Å²) in [5.74, 6) is 1.93. The molecule has 1 saturated heterocycles. The van der Waals surface area contributed by atoms with Crippen molar-refractivity contribution in [1.82, 2.24) is 9.97 Å². The van der Waals surface area contributed by atoms with Crippen LogP contribution in [-0.4, -0.2) is 47.9 Å². The highest BCUT2D eigenvalue weighted by Gasteiger charge is 2.29. The quantitative estimate of drug-likeness (QED) is 0.758. The number of phenolic OH excluding ortho intramolecular Hbond substituents is 1. The molecule has 6 heteroatoms. The normalized spacial score (nSPS) is 16.3. The van der Waals surface area contributed by atoms with E-state index in [0.717, 1.165) is 60.3 Å². The van der Waals surface area contributed by atoms with E-state index in [1.165, 1.54) is 0 Å². The summed E-state index contributed by atoms with van der Waals surface area (Å²) < 4.78 is 5.49. The fourth-order valence-electron chi connectivity index (χ4n) is 3.90. The minimum absolute atomic E-state index is 0.246. The molecule has 2 aromatic carbocycles. The smallest absolute Gasteiger partial charge is 0.228 e. The van der Waals surface area contributed by atoms with E-state index in [-0.39, 0.29) is 5.75 Å². The second kappa shape index (κ2) is 7.13. The topological polar surface area (TPSA) is 61.7 Å². The summed E-state index contributed by atoms with van der Waals surface area (Å²) in [5, 5.41) is 9.99. The van der Waals surface area contributed by atoms with Gasteiger partial charge in [-0.15, -0.1) is 0 Å². The van der Waals surface area contributed by atoms with Gasteiger partial charge in [0.25, 0.3) is 0 Å². The number of anilines is 3. The molecule has 1 fully saturated rings. The van der Waals surface area contributed by atoms with E-state index < -0.39 is 0 Å². The summed E-state index contributed by atoms with van der Waals surface area (Å²) in [5.41, 5.74) is 4.09. The number of nitrogens with zero attached hydrogens (tertiary/aromatic N) is 4. The second-order valence-corrected chi connectivity index (χ2v) is 7.06. The van der Waals surface area contributed by atoms with Crippen molar-refractivity contribution in [2.45, 2.75) is 6.42 Å². The zero-order valence-corrected chi connectivity index (χ0v) is 15.6. The van der Waals surface area contributed by atoms with E-state index in [1.807, 2.05) is 30.3 Å². The van der Waals surface area contributed by atoms with Crippen LogP contribution < -0.4 is 9.80 Å². The standard InChI is InChI=1S/C22H22N4O2/c27-18-8-4-5-16(15-18)20-19-9-10-26(17-6-2-1-3-7-17)21(19)24-22(23-20)25-11-13-28-14-12-25/h1-8,15,27H,9-14H2. The Morgan fingerprint density at radius 2 is 1.71 bits per heavy atom. The molecule has 0 radical (unpaired) electrons. The third-order valence-electron chi connectivity index (χ3n) is 5.30. The van der Waals surface area contributed by atoms with Crippen LogP contribution in [0.2, 0.25) is 0 Å². The molecule has 0 atom stereocenters. The van der Waals surface area contributed by atoms with Crippen LogP contribution in [0, 0.1) is 0 Å². The number of rotatable bonds is 3.